The molecular weight excluding hydrogens is 398 g/mol. The van der Waals surface area contributed by atoms with E-state index in [4.69, 9.17) is 0 Å². The highest BCUT2D eigenvalue weighted by atomic mass is 16.2. The molecule has 1 aliphatic heterocycles. The first-order valence-electron chi connectivity index (χ1n) is 11.4. The highest BCUT2D eigenvalue weighted by molar-refractivity contribution is 6.12. The van der Waals surface area contributed by atoms with Gasteiger partial charge in [-0.25, -0.2) is 0 Å². The third kappa shape index (κ3) is 3.48. The van der Waals surface area contributed by atoms with Crippen LogP contribution in [-0.4, -0.2) is 22.8 Å². The standard InChI is InChI=1S/C27H27N3O2/c31-25(29-19-20-9-3-1-4-10-20)24-27(15-7-2-8-16-27)22-11-5-6-12-23(22)30(24)26(32)21-13-17-28-18-14-21/h1,3-6,9-14,17-18,24H,2,7-8,15-16,19H2,(H,29,31). The maximum atomic E-state index is 13.8. The van der Waals surface area contributed by atoms with Crippen molar-refractivity contribution in [2.24, 2.45) is 0 Å². The number of hydrogen-bond acceptors (Lipinski definition) is 3. The van der Waals surface area contributed by atoms with Gasteiger partial charge in [0.05, 0.1) is 0 Å². The second-order valence-electron chi connectivity index (χ2n) is 8.75. The monoisotopic (exact) mass is 425 g/mol. The van der Waals surface area contributed by atoms with Crippen LogP contribution < -0.4 is 10.2 Å². The zero-order valence-corrected chi connectivity index (χ0v) is 18.0. The number of rotatable bonds is 4. The van der Waals surface area contributed by atoms with Crippen LogP contribution in [0.3, 0.4) is 0 Å². The molecule has 2 amide bonds. The number of nitrogens with one attached hydrogen (secondary N) is 1. The maximum Gasteiger partial charge on any atom is 0.259 e. The fourth-order valence-electron chi connectivity index (χ4n) is 5.47. The molecular formula is C27H27N3O2. The summed E-state index contributed by atoms with van der Waals surface area (Å²) in [5, 5.41) is 3.14. The van der Waals surface area contributed by atoms with Gasteiger partial charge in [0.15, 0.2) is 0 Å². The third-order valence-electron chi connectivity index (χ3n) is 6.93. The van der Waals surface area contributed by atoms with E-state index < -0.39 is 6.04 Å². The summed E-state index contributed by atoms with van der Waals surface area (Å²) in [6.07, 6.45) is 8.36. The lowest BCUT2D eigenvalue weighted by atomic mass is 9.66. The lowest BCUT2D eigenvalue weighted by Crippen LogP contribution is -2.56. The first-order valence-corrected chi connectivity index (χ1v) is 11.4. The minimum absolute atomic E-state index is 0.0886. The molecule has 5 nitrogen and oxygen atoms in total. The Morgan fingerprint density at radius 1 is 0.906 bits per heavy atom. The van der Waals surface area contributed by atoms with Crippen molar-refractivity contribution in [1.82, 2.24) is 10.3 Å². The van der Waals surface area contributed by atoms with E-state index in [-0.39, 0.29) is 17.2 Å². The smallest absolute Gasteiger partial charge is 0.259 e. The van der Waals surface area contributed by atoms with Gasteiger partial charge in [-0.15, -0.1) is 0 Å². The molecule has 2 heterocycles. The summed E-state index contributed by atoms with van der Waals surface area (Å²) in [7, 11) is 0. The Kier molecular flexibility index (Phi) is 5.48. The van der Waals surface area contributed by atoms with Crippen molar-refractivity contribution in [3.63, 3.8) is 0 Å². The molecule has 1 fully saturated rings. The normalized spacial score (nSPS) is 18.9. The first-order chi connectivity index (χ1) is 15.7. The number of para-hydroxylation sites is 1. The number of anilines is 1. The fraction of sp³-hybridized carbons (Fsp3) is 0.296. The van der Waals surface area contributed by atoms with Crippen molar-refractivity contribution in [3.8, 4) is 0 Å². The number of benzene rings is 2. The van der Waals surface area contributed by atoms with Gasteiger partial charge >= 0.3 is 0 Å². The van der Waals surface area contributed by atoms with Gasteiger partial charge in [0.25, 0.3) is 5.91 Å². The molecule has 2 aromatic carbocycles. The van der Waals surface area contributed by atoms with Crippen LogP contribution in [0.1, 0.15) is 53.6 Å². The van der Waals surface area contributed by atoms with Gasteiger partial charge in [0.2, 0.25) is 5.91 Å². The van der Waals surface area contributed by atoms with E-state index in [1.807, 2.05) is 48.5 Å². The second-order valence-corrected chi connectivity index (χ2v) is 8.75. The average molecular weight is 426 g/mol. The molecule has 2 aliphatic rings. The van der Waals surface area contributed by atoms with Gasteiger partial charge in [-0.3, -0.25) is 19.5 Å². The Hall–Kier alpha value is -3.47. The van der Waals surface area contributed by atoms with Crippen LogP contribution in [0.2, 0.25) is 0 Å². The Labute approximate surface area is 188 Å². The van der Waals surface area contributed by atoms with Crippen LogP contribution in [0.25, 0.3) is 0 Å². The van der Waals surface area contributed by atoms with Crippen LogP contribution in [0.4, 0.5) is 5.69 Å². The molecule has 1 aromatic heterocycles. The predicted molar refractivity (Wildman–Crippen MR) is 124 cm³/mol. The summed E-state index contributed by atoms with van der Waals surface area (Å²) in [6.45, 7) is 0.444. The number of fused-ring (bicyclic) bond motifs is 2. The van der Waals surface area contributed by atoms with Crippen LogP contribution in [0.15, 0.2) is 79.1 Å². The molecule has 0 saturated heterocycles. The van der Waals surface area contributed by atoms with E-state index in [2.05, 4.69) is 16.4 Å². The number of carbonyl (C=O) groups excluding carboxylic acids is 2. The summed E-state index contributed by atoms with van der Waals surface area (Å²) in [4.78, 5) is 33.3. The third-order valence-corrected chi connectivity index (χ3v) is 6.93. The Morgan fingerprint density at radius 3 is 2.34 bits per heavy atom. The Balaban J connectivity index is 1.56. The summed E-state index contributed by atoms with van der Waals surface area (Å²) < 4.78 is 0. The zero-order valence-electron chi connectivity index (χ0n) is 18.0. The van der Waals surface area contributed by atoms with Crippen molar-refractivity contribution in [2.45, 2.75) is 50.1 Å². The van der Waals surface area contributed by atoms with E-state index in [1.165, 1.54) is 6.42 Å². The minimum Gasteiger partial charge on any atom is -0.350 e. The summed E-state index contributed by atoms with van der Waals surface area (Å²) in [6, 6.07) is 20.8. The number of aromatic nitrogens is 1. The van der Waals surface area contributed by atoms with Crippen molar-refractivity contribution >= 4 is 17.5 Å². The molecule has 1 aliphatic carbocycles. The Bertz CT molecular complexity index is 1110. The van der Waals surface area contributed by atoms with Crippen LogP contribution in [0.5, 0.6) is 0 Å². The van der Waals surface area contributed by atoms with Crippen molar-refractivity contribution < 1.29 is 9.59 Å². The van der Waals surface area contributed by atoms with E-state index in [0.29, 0.717) is 12.1 Å². The van der Waals surface area contributed by atoms with E-state index >= 15 is 0 Å². The Morgan fingerprint density at radius 2 is 1.59 bits per heavy atom. The molecule has 3 aromatic rings. The molecule has 1 saturated carbocycles. The largest absolute Gasteiger partial charge is 0.350 e. The molecule has 1 spiro atoms. The number of nitrogens with zero attached hydrogens (tertiary/aromatic N) is 2. The van der Waals surface area contributed by atoms with Gasteiger partial charge in [-0.1, -0.05) is 67.8 Å². The molecule has 162 valence electrons. The number of pyridine rings is 1. The second kappa shape index (κ2) is 8.58. The van der Waals surface area contributed by atoms with E-state index in [9.17, 15) is 9.59 Å². The maximum absolute atomic E-state index is 13.8. The van der Waals surface area contributed by atoms with Gasteiger partial charge in [-0.05, 0) is 42.2 Å². The topological polar surface area (TPSA) is 62.3 Å². The highest BCUT2D eigenvalue weighted by Crippen LogP contribution is 2.53. The lowest BCUT2D eigenvalue weighted by molar-refractivity contribution is -0.124. The number of carbonyl (C=O) groups is 2. The summed E-state index contributed by atoms with van der Waals surface area (Å²) in [5.74, 6) is -0.239. The molecule has 32 heavy (non-hydrogen) atoms. The highest BCUT2D eigenvalue weighted by Gasteiger charge is 2.56. The van der Waals surface area contributed by atoms with E-state index in [0.717, 1.165) is 42.5 Å². The molecule has 5 heteroatoms. The van der Waals surface area contributed by atoms with Gasteiger partial charge in [-0.2, -0.15) is 0 Å². The fourth-order valence-corrected chi connectivity index (χ4v) is 5.47. The van der Waals surface area contributed by atoms with Gasteiger partial charge in [0.1, 0.15) is 6.04 Å². The van der Waals surface area contributed by atoms with Crippen molar-refractivity contribution in [2.75, 3.05) is 4.90 Å². The molecule has 1 N–H and O–H groups in total. The van der Waals surface area contributed by atoms with Gasteiger partial charge in [0, 0.05) is 35.6 Å². The van der Waals surface area contributed by atoms with Crippen LogP contribution in [-0.2, 0) is 16.8 Å². The molecule has 0 radical (unpaired) electrons. The average Bonchev–Trinajstić information content (AvgIpc) is 3.13. The van der Waals surface area contributed by atoms with Gasteiger partial charge < -0.3 is 5.32 Å². The summed E-state index contributed by atoms with van der Waals surface area (Å²) >= 11 is 0. The van der Waals surface area contributed by atoms with Crippen molar-refractivity contribution in [3.05, 3.63) is 95.8 Å². The van der Waals surface area contributed by atoms with Crippen molar-refractivity contribution in [1.29, 1.82) is 0 Å². The minimum atomic E-state index is -0.565. The first kappa shape index (κ1) is 20.4. The zero-order chi connectivity index (χ0) is 22.0. The molecule has 1 atom stereocenters. The van der Waals surface area contributed by atoms with E-state index in [1.54, 1.807) is 29.4 Å². The van der Waals surface area contributed by atoms with Crippen LogP contribution in [0, 0.1) is 0 Å². The van der Waals surface area contributed by atoms with Crippen LogP contribution >= 0.6 is 0 Å². The molecule has 1 unspecified atom stereocenters. The SMILES string of the molecule is O=C(NCc1ccccc1)C1N(C(=O)c2ccncc2)c2ccccc2C12CCCCC2. The molecule has 0 bridgehead atoms. The quantitative estimate of drug-likeness (QED) is 0.663. The lowest BCUT2D eigenvalue weighted by Gasteiger charge is -2.40. The summed E-state index contributed by atoms with van der Waals surface area (Å²) in [5.41, 5.74) is 3.22. The molecule has 5 rings (SSSR count). The predicted octanol–water partition coefficient (Wildman–Crippen LogP) is 4.63. The number of amides is 2. The number of hydrogen-bond donors (Lipinski definition) is 1.